The molecular formula is C36H51N3S. The summed E-state index contributed by atoms with van der Waals surface area (Å²) in [6.45, 7) is 29.6. The predicted molar refractivity (Wildman–Crippen MR) is 183 cm³/mol. The summed E-state index contributed by atoms with van der Waals surface area (Å²) in [5, 5.41) is 3.34. The summed E-state index contributed by atoms with van der Waals surface area (Å²) in [5.41, 5.74) is 10.3. The van der Waals surface area contributed by atoms with Crippen LogP contribution in [0.2, 0.25) is 0 Å². The van der Waals surface area contributed by atoms with Gasteiger partial charge in [-0.2, -0.15) is 0 Å². The summed E-state index contributed by atoms with van der Waals surface area (Å²) in [7, 11) is 0. The summed E-state index contributed by atoms with van der Waals surface area (Å²) in [6.07, 6.45) is 12.0. The van der Waals surface area contributed by atoms with Gasteiger partial charge in [0.2, 0.25) is 0 Å². The Kier molecular flexibility index (Phi) is 16.0. The van der Waals surface area contributed by atoms with Gasteiger partial charge in [0.25, 0.3) is 0 Å². The molecule has 0 bridgehead atoms. The van der Waals surface area contributed by atoms with E-state index < -0.39 is 0 Å². The highest BCUT2D eigenvalue weighted by atomic mass is 32.1. The molecule has 3 nitrogen and oxygen atoms in total. The molecule has 0 spiro atoms. The van der Waals surface area contributed by atoms with Gasteiger partial charge >= 0.3 is 0 Å². The van der Waals surface area contributed by atoms with Gasteiger partial charge in [0.15, 0.2) is 0 Å². The molecular weight excluding hydrogens is 506 g/mol. The van der Waals surface area contributed by atoms with E-state index in [0.717, 1.165) is 47.4 Å². The maximum absolute atomic E-state index is 5.45. The molecule has 1 N–H and O–H groups in total. The number of benzene rings is 1. The van der Waals surface area contributed by atoms with Gasteiger partial charge in [0.1, 0.15) is 4.99 Å². The molecule has 0 saturated heterocycles. The Morgan fingerprint density at radius 3 is 2.12 bits per heavy atom. The fraction of sp³-hybridized carbons (Fsp3) is 0.417. The highest BCUT2D eigenvalue weighted by molar-refractivity contribution is 7.80. The summed E-state index contributed by atoms with van der Waals surface area (Å²) >= 11 is 5.45. The minimum atomic E-state index is 0.481. The van der Waals surface area contributed by atoms with Crippen LogP contribution in [0, 0.1) is 11.8 Å². The zero-order chi connectivity index (χ0) is 30.2. The first-order valence-corrected chi connectivity index (χ1v) is 14.9. The number of rotatable bonds is 13. The van der Waals surface area contributed by atoms with Crippen LogP contribution in [0.3, 0.4) is 0 Å². The van der Waals surface area contributed by atoms with E-state index in [1.165, 1.54) is 35.3 Å². The fourth-order valence-electron chi connectivity index (χ4n) is 3.93. The van der Waals surface area contributed by atoms with Crippen molar-refractivity contribution in [1.29, 1.82) is 0 Å². The van der Waals surface area contributed by atoms with Crippen LogP contribution in [0.15, 0.2) is 106 Å². The Bertz CT molecular complexity index is 1180. The third-order valence-corrected chi connectivity index (χ3v) is 6.94. The molecule has 4 heteroatoms. The van der Waals surface area contributed by atoms with Crippen LogP contribution in [0.5, 0.6) is 0 Å². The maximum Gasteiger partial charge on any atom is 0.134 e. The lowest BCUT2D eigenvalue weighted by atomic mass is 10.0. The molecule has 2 rings (SSSR count). The Morgan fingerprint density at radius 1 is 1.07 bits per heavy atom. The first-order chi connectivity index (χ1) is 19.0. The number of thiocarbonyl (C=S) groups is 1. The van der Waals surface area contributed by atoms with Crippen molar-refractivity contribution in [3.63, 3.8) is 0 Å². The van der Waals surface area contributed by atoms with E-state index >= 15 is 0 Å². The van der Waals surface area contributed by atoms with Crippen LogP contribution in [-0.4, -0.2) is 16.9 Å². The van der Waals surface area contributed by atoms with E-state index in [4.69, 9.17) is 17.2 Å². The molecule has 1 saturated carbocycles. The van der Waals surface area contributed by atoms with Gasteiger partial charge in [-0.3, -0.25) is 4.99 Å². The van der Waals surface area contributed by atoms with E-state index in [1.807, 2.05) is 20.0 Å². The zero-order valence-corrected chi connectivity index (χ0v) is 27.0. The number of hydrogen-bond donors (Lipinski definition) is 1. The lowest BCUT2D eigenvalue weighted by molar-refractivity contribution is 0.870. The summed E-state index contributed by atoms with van der Waals surface area (Å²) in [5.74, 6) is 1.03. The third kappa shape index (κ3) is 12.4. The van der Waals surface area contributed by atoms with E-state index in [1.54, 1.807) is 12.3 Å². The second-order valence-corrected chi connectivity index (χ2v) is 11.1. The van der Waals surface area contributed by atoms with Crippen molar-refractivity contribution < 1.29 is 0 Å². The van der Waals surface area contributed by atoms with Crippen LogP contribution in [0.1, 0.15) is 85.8 Å². The van der Waals surface area contributed by atoms with Crippen molar-refractivity contribution in [1.82, 2.24) is 5.32 Å². The Balaban J connectivity index is 0.000000408. The van der Waals surface area contributed by atoms with Crippen LogP contribution in [0.4, 0.5) is 0 Å². The molecule has 40 heavy (non-hydrogen) atoms. The number of hydrogen-bond acceptors (Lipinski definition) is 3. The average molecular weight is 558 g/mol. The molecule has 216 valence electrons. The number of nitrogens with zero attached hydrogens (tertiary/aromatic N) is 2. The predicted octanol–water partition coefficient (Wildman–Crippen LogP) is 10.1. The standard InChI is InChI=1S/C19H26N2S.C17H25N/c1-7-13(4)16(8-2)12-21-15(6)18(19(22)20-9-3)14(5)17-10-11-17;1-6-15-7-9-16(10-8-15)12-18-17(14(4)5)11-13(2)3/h7,9,12,17,21H,1,4-5,8,10-11H2,2-3,6H3;7-11,14H,6,12H2,1-5H3/b16-12-,18-15-,20-9?;. The number of aryl methyl sites for hydroxylation is 1. The first-order valence-electron chi connectivity index (χ1n) is 14.5. The van der Waals surface area contributed by atoms with Gasteiger partial charge in [0.05, 0.1) is 6.54 Å². The molecule has 1 aliphatic carbocycles. The lowest BCUT2D eigenvalue weighted by Crippen LogP contribution is -2.13. The molecule has 0 aliphatic heterocycles. The second kappa shape index (κ2) is 18.3. The quantitative estimate of drug-likeness (QED) is 0.113. The summed E-state index contributed by atoms with van der Waals surface area (Å²) < 4.78 is 0. The zero-order valence-electron chi connectivity index (χ0n) is 26.2. The van der Waals surface area contributed by atoms with Gasteiger partial charge in [0, 0.05) is 29.4 Å². The van der Waals surface area contributed by atoms with Crippen molar-refractivity contribution >= 4 is 29.1 Å². The fourth-order valence-corrected chi connectivity index (χ4v) is 4.32. The van der Waals surface area contributed by atoms with Crippen molar-refractivity contribution in [3.8, 4) is 0 Å². The van der Waals surface area contributed by atoms with Crippen molar-refractivity contribution in [2.45, 2.75) is 87.6 Å². The van der Waals surface area contributed by atoms with Crippen LogP contribution < -0.4 is 5.32 Å². The molecule has 0 atom stereocenters. The molecule has 0 aromatic heterocycles. The maximum atomic E-state index is 5.45. The Morgan fingerprint density at radius 2 is 1.68 bits per heavy atom. The van der Waals surface area contributed by atoms with E-state index in [2.05, 4.69) is 102 Å². The molecule has 0 heterocycles. The first kappa shape index (κ1) is 34.9. The van der Waals surface area contributed by atoms with Crippen LogP contribution in [-0.2, 0) is 13.0 Å². The molecule has 1 aromatic rings. The van der Waals surface area contributed by atoms with Crippen molar-refractivity contribution in [2.75, 3.05) is 0 Å². The monoisotopic (exact) mass is 557 g/mol. The minimum Gasteiger partial charge on any atom is -0.364 e. The molecule has 0 unspecified atom stereocenters. The molecule has 0 amide bonds. The number of aliphatic imine (C=N–C) groups is 2. The van der Waals surface area contributed by atoms with Gasteiger partial charge < -0.3 is 5.32 Å². The second-order valence-electron chi connectivity index (χ2n) is 10.7. The van der Waals surface area contributed by atoms with Gasteiger partial charge in [-0.25, -0.2) is 4.99 Å². The summed E-state index contributed by atoms with van der Waals surface area (Å²) in [4.78, 5) is 9.59. The molecule has 0 radical (unpaired) electrons. The van der Waals surface area contributed by atoms with Gasteiger partial charge in [-0.1, -0.05) is 95.6 Å². The topological polar surface area (TPSA) is 36.8 Å². The van der Waals surface area contributed by atoms with E-state index in [-0.39, 0.29) is 0 Å². The highest BCUT2D eigenvalue weighted by Crippen LogP contribution is 2.40. The molecule has 1 aliphatic rings. The van der Waals surface area contributed by atoms with Crippen molar-refractivity contribution in [3.05, 3.63) is 107 Å². The average Bonchev–Trinajstić information content (AvgIpc) is 3.77. The molecule has 1 aromatic carbocycles. The van der Waals surface area contributed by atoms with Gasteiger partial charge in [-0.05, 0) is 99.1 Å². The lowest BCUT2D eigenvalue weighted by Gasteiger charge is -2.14. The largest absolute Gasteiger partial charge is 0.364 e. The van der Waals surface area contributed by atoms with E-state index in [9.17, 15) is 0 Å². The Hall–Kier alpha value is -3.11. The minimum absolute atomic E-state index is 0.481. The van der Waals surface area contributed by atoms with Crippen molar-refractivity contribution in [2.24, 2.45) is 21.8 Å². The van der Waals surface area contributed by atoms with Gasteiger partial charge in [-0.15, -0.1) is 0 Å². The van der Waals surface area contributed by atoms with Crippen LogP contribution in [0.25, 0.3) is 0 Å². The normalized spacial score (nSPS) is 14.2. The van der Waals surface area contributed by atoms with E-state index in [0.29, 0.717) is 16.8 Å². The SMILES string of the molecule is C=CC(=C)/C(=C\N/C(C)=C(/C(=C)C1CC1)C(=S)N=CC)CC.CCc1ccc(CN=C(C=C(C)C)C(C)C)cc1. The van der Waals surface area contributed by atoms with Crippen LogP contribution >= 0.6 is 12.2 Å². The number of nitrogens with one attached hydrogen (secondary N) is 1. The smallest absolute Gasteiger partial charge is 0.134 e. The Labute approximate surface area is 250 Å². The summed E-state index contributed by atoms with van der Waals surface area (Å²) in [6, 6.07) is 8.76. The highest BCUT2D eigenvalue weighted by Gasteiger charge is 2.29. The third-order valence-electron chi connectivity index (χ3n) is 6.63. The number of allylic oxidation sites excluding steroid dienone is 6. The molecule has 1 fully saturated rings.